The zero-order valence-corrected chi connectivity index (χ0v) is 19.3. The van der Waals surface area contributed by atoms with Crippen molar-refractivity contribution in [2.75, 3.05) is 25.5 Å². The molecule has 1 fully saturated rings. The van der Waals surface area contributed by atoms with Gasteiger partial charge >= 0.3 is 5.97 Å². The number of unbranched alkanes of at least 4 members (excludes halogenated alkanes) is 1. The number of pyridine rings is 2. The van der Waals surface area contributed by atoms with Crippen LogP contribution in [0.1, 0.15) is 61.9 Å². The molecule has 2 atom stereocenters. The molecule has 0 radical (unpaired) electrons. The van der Waals surface area contributed by atoms with Gasteiger partial charge < -0.3 is 20.1 Å². The van der Waals surface area contributed by atoms with Gasteiger partial charge in [-0.2, -0.15) is 0 Å². The van der Waals surface area contributed by atoms with Crippen LogP contribution in [0, 0.1) is 5.41 Å². The maximum Gasteiger partial charge on any atom is 0.305 e. The fourth-order valence-corrected chi connectivity index (χ4v) is 4.82. The number of hydrogen-bond acceptors (Lipinski definition) is 6. The third kappa shape index (κ3) is 5.10. The summed E-state index contributed by atoms with van der Waals surface area (Å²) in [6.45, 7) is 3.52. The molecule has 2 aromatic heterocycles. The van der Waals surface area contributed by atoms with Crippen LogP contribution in [0.3, 0.4) is 0 Å². The van der Waals surface area contributed by atoms with E-state index in [-0.39, 0.29) is 12.3 Å². The quantitative estimate of drug-likeness (QED) is 0.419. The lowest BCUT2D eigenvalue weighted by Gasteiger charge is -2.50. The highest BCUT2D eigenvalue weighted by Crippen LogP contribution is 2.43. The number of aliphatic carboxylic acids is 1. The van der Waals surface area contributed by atoms with Crippen molar-refractivity contribution < 1.29 is 19.4 Å². The Kier molecular flexibility index (Phi) is 6.81. The molecule has 2 N–H and O–H groups in total. The Morgan fingerprint density at radius 2 is 2.15 bits per heavy atom. The van der Waals surface area contributed by atoms with Gasteiger partial charge in [-0.3, -0.25) is 9.59 Å². The van der Waals surface area contributed by atoms with Crippen LogP contribution in [-0.2, 0) is 22.4 Å². The van der Waals surface area contributed by atoms with Gasteiger partial charge in [0.2, 0.25) is 11.8 Å². The van der Waals surface area contributed by atoms with Gasteiger partial charge in [-0.25, -0.2) is 9.97 Å². The highest BCUT2D eigenvalue weighted by molar-refractivity contribution is 5.89. The molecule has 0 bridgehead atoms. The van der Waals surface area contributed by atoms with Crippen molar-refractivity contribution in [1.29, 1.82) is 0 Å². The average molecular weight is 453 g/mol. The van der Waals surface area contributed by atoms with Crippen LogP contribution in [0.2, 0.25) is 0 Å². The van der Waals surface area contributed by atoms with E-state index >= 15 is 0 Å². The van der Waals surface area contributed by atoms with E-state index in [1.165, 1.54) is 12.7 Å². The molecule has 176 valence electrons. The Balaban J connectivity index is 1.31. The molecule has 2 aliphatic heterocycles. The second kappa shape index (κ2) is 9.77. The van der Waals surface area contributed by atoms with Crippen molar-refractivity contribution in [1.82, 2.24) is 14.9 Å². The standard InChI is InChI=1S/C25H32N4O4/c1-25(12-4-3-7-19-10-8-17-6-5-13-26-23(17)28-19)16-29(24(25)32)20(14-22(30)31)18-9-11-21(33-2)27-15-18/h8-11,15,20H,3-7,12-14,16H2,1-2H3,(H,26,28)(H,30,31). The molecule has 2 aromatic rings. The van der Waals surface area contributed by atoms with Crippen molar-refractivity contribution in [3.05, 3.63) is 47.3 Å². The lowest BCUT2D eigenvalue weighted by atomic mass is 9.74. The molecule has 2 unspecified atom stereocenters. The number of nitrogens with zero attached hydrogens (tertiary/aromatic N) is 3. The van der Waals surface area contributed by atoms with Crippen LogP contribution in [-0.4, -0.2) is 52.1 Å². The van der Waals surface area contributed by atoms with Gasteiger partial charge in [-0.1, -0.05) is 18.6 Å². The first-order chi connectivity index (χ1) is 15.9. The molecule has 8 heteroatoms. The zero-order chi connectivity index (χ0) is 23.4. The summed E-state index contributed by atoms with van der Waals surface area (Å²) in [5.74, 6) is 0.551. The maximum atomic E-state index is 13.1. The van der Waals surface area contributed by atoms with E-state index in [1.807, 2.05) is 6.92 Å². The van der Waals surface area contributed by atoms with Crippen LogP contribution in [0.25, 0.3) is 0 Å². The van der Waals surface area contributed by atoms with Crippen molar-refractivity contribution in [2.45, 2.75) is 57.9 Å². The molecule has 1 amide bonds. The third-order valence-corrected chi connectivity index (χ3v) is 6.76. The number of rotatable bonds is 10. The number of likely N-dealkylation sites (tertiary alicyclic amines) is 1. The molecule has 4 rings (SSSR count). The number of amides is 1. The van der Waals surface area contributed by atoms with Gasteiger partial charge in [0, 0.05) is 31.0 Å². The summed E-state index contributed by atoms with van der Waals surface area (Å²) in [5.41, 5.74) is 2.64. The Bertz CT molecular complexity index is 1010. The fourth-order valence-electron chi connectivity index (χ4n) is 4.82. The molecule has 0 aliphatic carbocycles. The molecule has 1 saturated heterocycles. The molecule has 2 aliphatic rings. The van der Waals surface area contributed by atoms with E-state index in [4.69, 9.17) is 9.72 Å². The van der Waals surface area contributed by atoms with E-state index in [0.29, 0.717) is 18.0 Å². The lowest BCUT2D eigenvalue weighted by Crippen LogP contribution is -2.61. The number of hydrogen-bond donors (Lipinski definition) is 2. The molecule has 0 spiro atoms. The van der Waals surface area contributed by atoms with Gasteiger partial charge in [0.1, 0.15) is 5.82 Å². The van der Waals surface area contributed by atoms with Gasteiger partial charge in [0.05, 0.1) is 25.0 Å². The number of nitrogens with one attached hydrogen (secondary N) is 1. The Hall–Kier alpha value is -3.16. The number of carboxylic acid groups (broad SMARTS) is 1. The first kappa shape index (κ1) is 23.0. The summed E-state index contributed by atoms with van der Waals surface area (Å²) in [6.07, 6.45) is 7.26. The summed E-state index contributed by atoms with van der Waals surface area (Å²) in [4.78, 5) is 35.2. The van der Waals surface area contributed by atoms with Crippen molar-refractivity contribution >= 4 is 17.7 Å². The van der Waals surface area contributed by atoms with Gasteiger partial charge in [-0.15, -0.1) is 0 Å². The highest BCUT2D eigenvalue weighted by atomic mass is 16.5. The lowest BCUT2D eigenvalue weighted by molar-refractivity contribution is -0.165. The van der Waals surface area contributed by atoms with Crippen molar-refractivity contribution in [3.63, 3.8) is 0 Å². The summed E-state index contributed by atoms with van der Waals surface area (Å²) < 4.78 is 5.08. The van der Waals surface area contributed by atoms with Crippen LogP contribution < -0.4 is 10.1 Å². The van der Waals surface area contributed by atoms with Crippen LogP contribution >= 0.6 is 0 Å². The number of fused-ring (bicyclic) bond motifs is 1. The van der Waals surface area contributed by atoms with Crippen LogP contribution in [0.4, 0.5) is 5.82 Å². The number of methoxy groups -OCH3 is 1. The van der Waals surface area contributed by atoms with Crippen LogP contribution in [0.15, 0.2) is 30.5 Å². The predicted octanol–water partition coefficient (Wildman–Crippen LogP) is 3.62. The topological polar surface area (TPSA) is 105 Å². The Morgan fingerprint density at radius 1 is 1.30 bits per heavy atom. The summed E-state index contributed by atoms with van der Waals surface area (Å²) >= 11 is 0. The minimum absolute atomic E-state index is 0.0145. The van der Waals surface area contributed by atoms with E-state index in [9.17, 15) is 14.7 Å². The summed E-state index contributed by atoms with van der Waals surface area (Å²) in [6, 6.07) is 7.24. The molecular weight excluding hydrogens is 420 g/mol. The molecule has 0 aromatic carbocycles. The number of aromatic nitrogens is 2. The molecule has 8 nitrogen and oxygen atoms in total. The molecule has 0 saturated carbocycles. The Morgan fingerprint density at radius 3 is 2.85 bits per heavy atom. The predicted molar refractivity (Wildman–Crippen MR) is 124 cm³/mol. The summed E-state index contributed by atoms with van der Waals surface area (Å²) in [5, 5.41) is 12.8. The number of aryl methyl sites for hydroxylation is 2. The molecular formula is C25H32N4O4. The molecule has 33 heavy (non-hydrogen) atoms. The summed E-state index contributed by atoms with van der Waals surface area (Å²) in [7, 11) is 1.53. The smallest absolute Gasteiger partial charge is 0.305 e. The number of carbonyl (C=O) groups is 2. The van der Waals surface area contributed by atoms with Gasteiger partial charge in [-0.05, 0) is 56.2 Å². The van der Waals surface area contributed by atoms with Crippen molar-refractivity contribution in [2.24, 2.45) is 5.41 Å². The number of β-lactam (4-membered cyclic amide) rings is 1. The minimum atomic E-state index is -0.940. The normalized spacial score (nSPS) is 20.4. The van der Waals surface area contributed by atoms with Gasteiger partial charge in [0.15, 0.2) is 0 Å². The van der Waals surface area contributed by atoms with Crippen LogP contribution in [0.5, 0.6) is 5.88 Å². The first-order valence-electron chi connectivity index (χ1n) is 11.6. The minimum Gasteiger partial charge on any atom is -0.481 e. The zero-order valence-electron chi connectivity index (χ0n) is 19.3. The second-order valence-corrected chi connectivity index (χ2v) is 9.29. The number of anilines is 1. The Labute approximate surface area is 194 Å². The van der Waals surface area contributed by atoms with E-state index < -0.39 is 17.4 Å². The third-order valence-electron chi connectivity index (χ3n) is 6.76. The van der Waals surface area contributed by atoms with E-state index in [0.717, 1.165) is 56.6 Å². The number of carbonyl (C=O) groups excluding carboxylic acids is 1. The SMILES string of the molecule is COc1ccc(C(CC(=O)O)N2CC(C)(CCCCc3ccc4c(n3)NCCC4)C2=O)cn1. The van der Waals surface area contributed by atoms with E-state index in [2.05, 4.69) is 22.4 Å². The first-order valence-corrected chi connectivity index (χ1v) is 11.6. The highest BCUT2D eigenvalue weighted by Gasteiger charge is 2.50. The monoisotopic (exact) mass is 452 g/mol. The number of carboxylic acids is 1. The average Bonchev–Trinajstić information content (AvgIpc) is 2.83. The van der Waals surface area contributed by atoms with E-state index in [1.54, 1.807) is 23.2 Å². The number of ether oxygens (including phenoxy) is 1. The maximum absolute atomic E-state index is 13.1. The fraction of sp³-hybridized carbons (Fsp3) is 0.520. The molecule has 4 heterocycles. The largest absolute Gasteiger partial charge is 0.481 e. The van der Waals surface area contributed by atoms with Crippen molar-refractivity contribution in [3.8, 4) is 5.88 Å². The second-order valence-electron chi connectivity index (χ2n) is 9.29. The van der Waals surface area contributed by atoms with Gasteiger partial charge in [0.25, 0.3) is 0 Å².